The fraction of sp³-hybridized carbons (Fsp3) is 0.458. The number of carbonyl (C=O) groups is 1. The van der Waals surface area contributed by atoms with Gasteiger partial charge in [-0.05, 0) is 80.3 Å². The third kappa shape index (κ3) is 5.86. The number of nitrogens with one attached hydrogen (secondary N) is 2. The van der Waals surface area contributed by atoms with Crippen molar-refractivity contribution in [3.05, 3.63) is 70.0 Å². The molecule has 3 rings (SSSR count). The Hall–Kier alpha value is -2.27. The molecule has 2 aromatic carbocycles. The predicted octanol–water partition coefficient (Wildman–Crippen LogP) is 4.99. The Kier molecular flexibility index (Phi) is 7.37. The standard InChI is InChI=1S/C24H30F2N2O/c1-16-10-19(13-25)12-20(11-16)24(29)28-14-18-6-8-21(9-7-18)27-15-22-17(2)4-3-5-23(22)26/h3-5,10-12,18,21,27H,6-9,13-15H2,1-2H3,(H,28,29)/t18-,21+. The van der Waals surface area contributed by atoms with Crippen molar-refractivity contribution in [1.82, 2.24) is 10.6 Å². The zero-order chi connectivity index (χ0) is 20.8. The number of benzene rings is 2. The first-order chi connectivity index (χ1) is 14.0. The van der Waals surface area contributed by atoms with Gasteiger partial charge in [-0.15, -0.1) is 0 Å². The van der Waals surface area contributed by atoms with Crippen LogP contribution in [0.1, 0.15) is 58.3 Å². The molecule has 0 unspecified atom stereocenters. The van der Waals surface area contributed by atoms with Gasteiger partial charge < -0.3 is 10.6 Å². The summed E-state index contributed by atoms with van der Waals surface area (Å²) < 4.78 is 26.9. The molecule has 0 spiro atoms. The normalized spacial score (nSPS) is 19.2. The Morgan fingerprint density at radius 3 is 2.55 bits per heavy atom. The van der Waals surface area contributed by atoms with Crippen molar-refractivity contribution in [1.29, 1.82) is 0 Å². The summed E-state index contributed by atoms with van der Waals surface area (Å²) in [5.74, 6) is 0.150. The zero-order valence-corrected chi connectivity index (χ0v) is 17.2. The predicted molar refractivity (Wildman–Crippen MR) is 112 cm³/mol. The molecule has 0 saturated heterocycles. The summed E-state index contributed by atoms with van der Waals surface area (Å²) in [6.45, 7) is 4.43. The van der Waals surface area contributed by atoms with Gasteiger partial charge in [0.15, 0.2) is 0 Å². The molecule has 0 aliphatic heterocycles. The number of rotatable bonds is 7. The minimum atomic E-state index is -0.564. The van der Waals surface area contributed by atoms with Crippen LogP contribution in [-0.2, 0) is 13.2 Å². The van der Waals surface area contributed by atoms with Gasteiger partial charge in [0.2, 0.25) is 0 Å². The van der Waals surface area contributed by atoms with E-state index >= 15 is 0 Å². The van der Waals surface area contributed by atoms with Crippen molar-refractivity contribution in [3.8, 4) is 0 Å². The molecule has 5 heteroatoms. The molecule has 0 aromatic heterocycles. The van der Waals surface area contributed by atoms with Crippen molar-refractivity contribution >= 4 is 5.91 Å². The molecule has 156 valence electrons. The van der Waals surface area contributed by atoms with Gasteiger partial charge >= 0.3 is 0 Å². The van der Waals surface area contributed by atoms with E-state index in [0.29, 0.717) is 36.2 Å². The van der Waals surface area contributed by atoms with E-state index in [-0.39, 0.29) is 11.7 Å². The summed E-state index contributed by atoms with van der Waals surface area (Å²) in [6, 6.07) is 10.7. The number of alkyl halides is 1. The molecule has 1 fully saturated rings. The summed E-state index contributed by atoms with van der Waals surface area (Å²) in [5, 5.41) is 6.49. The maximum absolute atomic E-state index is 14.0. The van der Waals surface area contributed by atoms with Gasteiger partial charge in [-0.3, -0.25) is 4.79 Å². The second-order valence-corrected chi connectivity index (χ2v) is 8.18. The molecular formula is C24H30F2N2O. The molecule has 0 radical (unpaired) electrons. The number of carbonyl (C=O) groups excluding carboxylic acids is 1. The Bertz CT molecular complexity index is 825. The van der Waals surface area contributed by atoms with Crippen LogP contribution in [0.25, 0.3) is 0 Å². The molecule has 3 nitrogen and oxygen atoms in total. The van der Waals surface area contributed by atoms with Gasteiger partial charge in [-0.2, -0.15) is 0 Å². The number of aryl methyl sites for hydroxylation is 2. The third-order valence-corrected chi connectivity index (χ3v) is 5.87. The first-order valence-electron chi connectivity index (χ1n) is 10.4. The van der Waals surface area contributed by atoms with Gasteiger partial charge in [0.05, 0.1) is 0 Å². The first kappa shape index (κ1) is 21.4. The van der Waals surface area contributed by atoms with Crippen molar-refractivity contribution in [2.45, 2.75) is 58.8 Å². The molecule has 2 aromatic rings. The second kappa shape index (κ2) is 9.97. The van der Waals surface area contributed by atoms with Crippen molar-refractivity contribution in [2.24, 2.45) is 5.92 Å². The summed E-state index contributed by atoms with van der Waals surface area (Å²) in [4.78, 5) is 12.4. The quantitative estimate of drug-likeness (QED) is 0.687. The largest absolute Gasteiger partial charge is 0.352 e. The van der Waals surface area contributed by atoms with Crippen LogP contribution in [-0.4, -0.2) is 18.5 Å². The fourth-order valence-electron chi connectivity index (χ4n) is 4.12. The highest BCUT2D eigenvalue weighted by Gasteiger charge is 2.22. The highest BCUT2D eigenvalue weighted by molar-refractivity contribution is 5.94. The Morgan fingerprint density at radius 2 is 1.86 bits per heavy atom. The molecule has 0 bridgehead atoms. The van der Waals surface area contributed by atoms with Gasteiger partial charge in [-0.1, -0.05) is 18.2 Å². The lowest BCUT2D eigenvalue weighted by Gasteiger charge is -2.29. The lowest BCUT2D eigenvalue weighted by molar-refractivity contribution is 0.0942. The molecule has 29 heavy (non-hydrogen) atoms. The van der Waals surface area contributed by atoms with Crippen LogP contribution in [0.2, 0.25) is 0 Å². The highest BCUT2D eigenvalue weighted by Crippen LogP contribution is 2.24. The van der Waals surface area contributed by atoms with E-state index in [1.807, 2.05) is 19.9 Å². The van der Waals surface area contributed by atoms with E-state index in [0.717, 1.165) is 42.4 Å². The highest BCUT2D eigenvalue weighted by atomic mass is 19.1. The van der Waals surface area contributed by atoms with Crippen molar-refractivity contribution in [3.63, 3.8) is 0 Å². The van der Waals surface area contributed by atoms with Crippen molar-refractivity contribution in [2.75, 3.05) is 6.54 Å². The van der Waals surface area contributed by atoms with Gasteiger partial charge in [0.25, 0.3) is 5.91 Å². The van der Waals surface area contributed by atoms with E-state index in [4.69, 9.17) is 0 Å². The fourth-order valence-corrected chi connectivity index (χ4v) is 4.12. The minimum Gasteiger partial charge on any atom is -0.352 e. The average molecular weight is 401 g/mol. The third-order valence-electron chi connectivity index (χ3n) is 5.87. The smallest absolute Gasteiger partial charge is 0.251 e. The molecule has 1 amide bonds. The van der Waals surface area contributed by atoms with Crippen LogP contribution in [0.5, 0.6) is 0 Å². The number of hydrogen-bond acceptors (Lipinski definition) is 2. The Morgan fingerprint density at radius 1 is 1.10 bits per heavy atom. The molecule has 0 heterocycles. The summed E-state index contributed by atoms with van der Waals surface area (Å²) >= 11 is 0. The van der Waals surface area contributed by atoms with Crippen LogP contribution < -0.4 is 10.6 Å². The number of halogens is 2. The lowest BCUT2D eigenvalue weighted by atomic mass is 9.86. The Balaban J connectivity index is 1.43. The molecule has 1 aliphatic carbocycles. The Labute approximate surface area is 171 Å². The first-order valence-corrected chi connectivity index (χ1v) is 10.4. The number of hydrogen-bond donors (Lipinski definition) is 2. The zero-order valence-electron chi connectivity index (χ0n) is 17.2. The van der Waals surface area contributed by atoms with Crippen LogP contribution in [0.3, 0.4) is 0 Å². The molecule has 0 atom stereocenters. The van der Waals surface area contributed by atoms with Crippen LogP contribution in [0, 0.1) is 25.6 Å². The van der Waals surface area contributed by atoms with Crippen LogP contribution in [0.4, 0.5) is 8.78 Å². The summed E-state index contributed by atoms with van der Waals surface area (Å²) in [7, 11) is 0. The van der Waals surface area contributed by atoms with Gasteiger partial charge in [0, 0.05) is 30.3 Å². The van der Waals surface area contributed by atoms with E-state index < -0.39 is 6.67 Å². The maximum atomic E-state index is 14.0. The van der Waals surface area contributed by atoms with Crippen LogP contribution in [0.15, 0.2) is 36.4 Å². The van der Waals surface area contributed by atoms with E-state index in [1.54, 1.807) is 24.3 Å². The van der Waals surface area contributed by atoms with Gasteiger partial charge in [-0.25, -0.2) is 8.78 Å². The van der Waals surface area contributed by atoms with E-state index in [9.17, 15) is 13.6 Å². The maximum Gasteiger partial charge on any atom is 0.251 e. The molecule has 2 N–H and O–H groups in total. The van der Waals surface area contributed by atoms with Crippen LogP contribution >= 0.6 is 0 Å². The van der Waals surface area contributed by atoms with Gasteiger partial charge in [0.1, 0.15) is 12.5 Å². The SMILES string of the molecule is Cc1cc(CF)cc(C(=O)NC[C@H]2CC[C@@H](NCc3c(C)cccc3F)CC2)c1. The summed E-state index contributed by atoms with van der Waals surface area (Å²) in [5.41, 5.74) is 3.66. The molecule has 1 saturated carbocycles. The molecule has 1 aliphatic rings. The average Bonchev–Trinajstić information content (AvgIpc) is 2.72. The minimum absolute atomic E-state index is 0.140. The number of amides is 1. The molecular weight excluding hydrogens is 370 g/mol. The van der Waals surface area contributed by atoms with E-state index in [2.05, 4.69) is 10.6 Å². The topological polar surface area (TPSA) is 41.1 Å². The monoisotopic (exact) mass is 400 g/mol. The lowest BCUT2D eigenvalue weighted by Crippen LogP contribution is -2.37. The summed E-state index contributed by atoms with van der Waals surface area (Å²) in [6.07, 6.45) is 4.09. The second-order valence-electron chi connectivity index (χ2n) is 8.18. The van der Waals surface area contributed by atoms with Crippen molar-refractivity contribution < 1.29 is 13.6 Å². The van der Waals surface area contributed by atoms with E-state index in [1.165, 1.54) is 6.07 Å².